The van der Waals surface area contributed by atoms with Gasteiger partial charge in [0.25, 0.3) is 5.91 Å². The van der Waals surface area contributed by atoms with Gasteiger partial charge in [0.1, 0.15) is 31.1 Å². The second-order valence-corrected chi connectivity index (χ2v) is 7.23. The number of benzene rings is 2. The monoisotopic (exact) mass is 444 g/mol. The summed E-state index contributed by atoms with van der Waals surface area (Å²) in [6.07, 6.45) is 1.40. The van der Waals surface area contributed by atoms with Gasteiger partial charge in [0, 0.05) is 17.7 Å². The number of hydrogen-bond donors (Lipinski definition) is 1. The zero-order chi connectivity index (χ0) is 22.8. The molecule has 0 atom stereocenters. The van der Waals surface area contributed by atoms with Crippen molar-refractivity contribution >= 4 is 11.7 Å². The van der Waals surface area contributed by atoms with Crippen molar-refractivity contribution in [1.82, 2.24) is 25.0 Å². The first-order valence-electron chi connectivity index (χ1n) is 10.2. The normalized spacial score (nSPS) is 12.3. The maximum absolute atomic E-state index is 12.9. The van der Waals surface area contributed by atoms with Gasteiger partial charge >= 0.3 is 0 Å². The standard InChI is InChI=1S/C23H20N6O4/c1-14-22(27-28-29(14)16-5-8-19-20(11-16)33-10-9-32-19)23(30)26-21-12-18(24-13-25-21)15-3-6-17(31-2)7-4-15/h3-8,11-13H,9-10H2,1-2H3,(H,24,25,26,30). The number of nitrogens with one attached hydrogen (secondary N) is 1. The zero-order valence-electron chi connectivity index (χ0n) is 18.0. The Kier molecular flexibility index (Phi) is 5.31. The van der Waals surface area contributed by atoms with Crippen molar-refractivity contribution in [2.24, 2.45) is 0 Å². The summed E-state index contributed by atoms with van der Waals surface area (Å²) in [5.41, 5.74) is 3.02. The number of carbonyl (C=O) groups is 1. The largest absolute Gasteiger partial charge is 0.497 e. The molecule has 0 aliphatic carbocycles. The number of methoxy groups -OCH3 is 1. The van der Waals surface area contributed by atoms with E-state index in [1.807, 2.05) is 42.5 Å². The van der Waals surface area contributed by atoms with Gasteiger partial charge in [-0.25, -0.2) is 14.6 Å². The van der Waals surface area contributed by atoms with E-state index in [1.165, 1.54) is 6.33 Å². The molecule has 166 valence electrons. The van der Waals surface area contributed by atoms with Gasteiger partial charge < -0.3 is 19.5 Å². The maximum atomic E-state index is 12.9. The predicted octanol–water partition coefficient (Wildman–Crippen LogP) is 3.06. The summed E-state index contributed by atoms with van der Waals surface area (Å²) in [5.74, 6) is 1.99. The van der Waals surface area contributed by atoms with Gasteiger partial charge in [0.05, 0.1) is 24.2 Å². The quantitative estimate of drug-likeness (QED) is 0.500. The molecule has 10 heteroatoms. The number of hydrogen-bond acceptors (Lipinski definition) is 8. The molecule has 1 aliphatic heterocycles. The van der Waals surface area contributed by atoms with Gasteiger partial charge in [-0.3, -0.25) is 4.79 Å². The average Bonchev–Trinajstić information content (AvgIpc) is 3.25. The Balaban J connectivity index is 1.36. The van der Waals surface area contributed by atoms with Crippen molar-refractivity contribution in [3.63, 3.8) is 0 Å². The Bertz CT molecular complexity index is 1320. The Morgan fingerprint density at radius 1 is 1.03 bits per heavy atom. The number of rotatable bonds is 5. The third kappa shape index (κ3) is 4.05. The van der Waals surface area contributed by atoms with Gasteiger partial charge in [-0.2, -0.15) is 0 Å². The van der Waals surface area contributed by atoms with Gasteiger partial charge in [-0.1, -0.05) is 5.21 Å². The minimum Gasteiger partial charge on any atom is -0.497 e. The second-order valence-electron chi connectivity index (χ2n) is 7.23. The van der Waals surface area contributed by atoms with E-state index in [-0.39, 0.29) is 5.69 Å². The lowest BCUT2D eigenvalue weighted by atomic mass is 10.1. The highest BCUT2D eigenvalue weighted by Gasteiger charge is 2.20. The van der Waals surface area contributed by atoms with Crippen LogP contribution < -0.4 is 19.5 Å². The van der Waals surface area contributed by atoms with Crippen molar-refractivity contribution in [2.45, 2.75) is 6.92 Å². The summed E-state index contributed by atoms with van der Waals surface area (Å²) >= 11 is 0. The molecule has 33 heavy (non-hydrogen) atoms. The first kappa shape index (κ1) is 20.4. The van der Waals surface area contributed by atoms with Gasteiger partial charge in [-0.15, -0.1) is 5.10 Å². The molecule has 0 fully saturated rings. The number of ether oxygens (including phenoxy) is 3. The van der Waals surface area contributed by atoms with Gasteiger partial charge in [0.15, 0.2) is 17.2 Å². The number of nitrogens with zero attached hydrogens (tertiary/aromatic N) is 5. The zero-order valence-corrected chi connectivity index (χ0v) is 18.0. The molecule has 0 unspecified atom stereocenters. The lowest BCUT2D eigenvalue weighted by Crippen LogP contribution is -2.16. The van der Waals surface area contributed by atoms with Crippen LogP contribution in [0.5, 0.6) is 17.2 Å². The highest BCUT2D eigenvalue weighted by atomic mass is 16.6. The number of amides is 1. The van der Waals surface area contributed by atoms with Crippen molar-refractivity contribution in [2.75, 3.05) is 25.6 Å². The molecule has 1 amide bonds. The molecular formula is C23H20N6O4. The molecule has 1 N–H and O–H groups in total. The number of fused-ring (bicyclic) bond motifs is 1. The molecule has 2 aromatic carbocycles. The summed E-state index contributed by atoms with van der Waals surface area (Å²) < 4.78 is 18.0. The predicted molar refractivity (Wildman–Crippen MR) is 119 cm³/mol. The Morgan fingerprint density at radius 2 is 1.82 bits per heavy atom. The molecule has 1 aliphatic rings. The molecule has 0 radical (unpaired) electrons. The summed E-state index contributed by atoms with van der Waals surface area (Å²) in [5, 5.41) is 11.0. The molecule has 10 nitrogen and oxygen atoms in total. The summed E-state index contributed by atoms with van der Waals surface area (Å²) in [7, 11) is 1.61. The minimum absolute atomic E-state index is 0.189. The minimum atomic E-state index is -0.421. The van der Waals surface area contributed by atoms with Crippen molar-refractivity contribution < 1.29 is 19.0 Å². The SMILES string of the molecule is COc1ccc(-c2cc(NC(=O)c3nnn(-c4ccc5c(c4)OCCO5)c3C)ncn2)cc1. The summed E-state index contributed by atoms with van der Waals surface area (Å²) in [4.78, 5) is 21.3. The fraction of sp³-hybridized carbons (Fsp3) is 0.174. The molecule has 0 bridgehead atoms. The number of aromatic nitrogens is 5. The molecular weight excluding hydrogens is 424 g/mol. The summed E-state index contributed by atoms with van der Waals surface area (Å²) in [6.45, 7) is 2.77. The van der Waals surface area contributed by atoms with Crippen LogP contribution in [0.1, 0.15) is 16.2 Å². The first-order chi connectivity index (χ1) is 16.1. The third-order valence-electron chi connectivity index (χ3n) is 5.17. The van der Waals surface area contributed by atoms with Crippen LogP contribution in [0.25, 0.3) is 16.9 Å². The lowest BCUT2D eigenvalue weighted by molar-refractivity contribution is 0.102. The van der Waals surface area contributed by atoms with E-state index in [0.717, 1.165) is 11.3 Å². The fourth-order valence-electron chi connectivity index (χ4n) is 3.47. The fourth-order valence-corrected chi connectivity index (χ4v) is 3.47. The summed E-state index contributed by atoms with van der Waals surface area (Å²) in [6, 6.07) is 14.6. The lowest BCUT2D eigenvalue weighted by Gasteiger charge is -2.18. The highest BCUT2D eigenvalue weighted by Crippen LogP contribution is 2.32. The molecule has 3 heterocycles. The molecule has 0 saturated carbocycles. The smallest absolute Gasteiger partial charge is 0.279 e. The van der Waals surface area contributed by atoms with Crippen LogP contribution in [0.15, 0.2) is 54.9 Å². The van der Waals surface area contributed by atoms with Crippen LogP contribution in [0.2, 0.25) is 0 Å². The van der Waals surface area contributed by atoms with E-state index < -0.39 is 5.91 Å². The van der Waals surface area contributed by atoms with Gasteiger partial charge in [-0.05, 0) is 43.3 Å². The van der Waals surface area contributed by atoms with E-state index in [2.05, 4.69) is 25.6 Å². The van der Waals surface area contributed by atoms with Gasteiger partial charge in [0.2, 0.25) is 0 Å². The van der Waals surface area contributed by atoms with Crippen LogP contribution >= 0.6 is 0 Å². The topological polar surface area (TPSA) is 113 Å². The van der Waals surface area contributed by atoms with Crippen molar-refractivity contribution in [3.05, 3.63) is 66.2 Å². The Labute approximate surface area is 189 Å². The second kappa shape index (κ2) is 8.58. The molecule has 4 aromatic rings. The highest BCUT2D eigenvalue weighted by molar-refractivity contribution is 6.03. The van der Waals surface area contributed by atoms with Crippen LogP contribution in [-0.4, -0.2) is 51.2 Å². The van der Waals surface area contributed by atoms with Crippen LogP contribution in [0.3, 0.4) is 0 Å². The average molecular weight is 444 g/mol. The third-order valence-corrected chi connectivity index (χ3v) is 5.17. The van der Waals surface area contributed by atoms with Crippen molar-refractivity contribution in [1.29, 1.82) is 0 Å². The Hall–Kier alpha value is -4.47. The van der Waals surface area contributed by atoms with E-state index >= 15 is 0 Å². The maximum Gasteiger partial charge on any atom is 0.279 e. The molecule has 0 spiro atoms. The number of anilines is 1. The molecule has 5 rings (SSSR count). The van der Waals surface area contributed by atoms with Crippen LogP contribution in [-0.2, 0) is 0 Å². The first-order valence-corrected chi connectivity index (χ1v) is 10.2. The van der Waals surface area contributed by atoms with Crippen LogP contribution in [0.4, 0.5) is 5.82 Å². The van der Waals surface area contributed by atoms with Crippen LogP contribution in [0, 0.1) is 6.92 Å². The van der Waals surface area contributed by atoms with E-state index in [9.17, 15) is 4.79 Å². The number of carbonyl (C=O) groups excluding carboxylic acids is 1. The molecule has 0 saturated heterocycles. The molecule has 2 aromatic heterocycles. The van der Waals surface area contributed by atoms with E-state index in [1.54, 1.807) is 24.8 Å². The van der Waals surface area contributed by atoms with Crippen molar-refractivity contribution in [3.8, 4) is 34.2 Å². The Morgan fingerprint density at radius 3 is 2.61 bits per heavy atom. The van der Waals surface area contributed by atoms with E-state index in [0.29, 0.717) is 47.6 Å². The van der Waals surface area contributed by atoms with E-state index in [4.69, 9.17) is 14.2 Å².